The molecule has 2 amide bonds. The highest BCUT2D eigenvalue weighted by Gasteiger charge is 2.41. The normalized spacial score (nSPS) is 44.5. The molecule has 2 aliphatic heterocycles. The van der Waals surface area contributed by atoms with Crippen molar-refractivity contribution >= 4 is 17.8 Å². The minimum Gasteiger partial charge on any atom is -0.332 e. The molecular weight excluding hydrogens is 150 g/mol. The molecule has 3 atom stereocenters. The maximum Gasteiger partial charge on any atom is 0.315 e. The van der Waals surface area contributed by atoms with Crippen LogP contribution in [0.2, 0.25) is 0 Å². The van der Waals surface area contributed by atoms with Crippen LogP contribution in [0.25, 0.3) is 0 Å². The van der Waals surface area contributed by atoms with Crippen LogP contribution >= 0.6 is 11.8 Å². The molecular formula is C5H9N3OS. The van der Waals surface area contributed by atoms with Gasteiger partial charge in [-0.2, -0.15) is 0 Å². The standard InChI is InChI=1S/C5H9N3OS/c6-4-3-2(1-10-4)7-5(9)8-3/h2-4H,1,6H2,(H2,7,8,9). The first-order valence-electron chi connectivity index (χ1n) is 3.21. The molecule has 4 N–H and O–H groups in total. The second kappa shape index (κ2) is 2.03. The first kappa shape index (κ1) is 6.30. The molecule has 0 spiro atoms. The van der Waals surface area contributed by atoms with Crippen molar-refractivity contribution in [3.05, 3.63) is 0 Å². The molecule has 4 nitrogen and oxygen atoms in total. The lowest BCUT2D eigenvalue weighted by Gasteiger charge is -2.09. The Morgan fingerprint density at radius 1 is 1.60 bits per heavy atom. The lowest BCUT2D eigenvalue weighted by atomic mass is 10.2. The predicted octanol–water partition coefficient (Wildman–Crippen LogP) is -0.932. The van der Waals surface area contributed by atoms with Crippen molar-refractivity contribution in [3.8, 4) is 0 Å². The Kier molecular flexibility index (Phi) is 1.28. The smallest absolute Gasteiger partial charge is 0.315 e. The Bertz CT molecular complexity index is 174. The third-order valence-corrected chi connectivity index (χ3v) is 3.10. The highest BCUT2D eigenvalue weighted by atomic mass is 32.2. The molecule has 0 aromatic carbocycles. The van der Waals surface area contributed by atoms with Crippen LogP contribution in [0, 0.1) is 0 Å². The molecule has 0 aromatic rings. The Balaban J connectivity index is 2.12. The predicted molar refractivity (Wildman–Crippen MR) is 39.7 cm³/mol. The molecule has 0 saturated carbocycles. The van der Waals surface area contributed by atoms with Gasteiger partial charge in [-0.05, 0) is 0 Å². The molecule has 10 heavy (non-hydrogen) atoms. The van der Waals surface area contributed by atoms with Crippen molar-refractivity contribution in [3.63, 3.8) is 0 Å². The molecule has 2 aliphatic rings. The number of amides is 2. The zero-order valence-electron chi connectivity index (χ0n) is 5.33. The van der Waals surface area contributed by atoms with E-state index in [2.05, 4.69) is 10.6 Å². The van der Waals surface area contributed by atoms with Crippen LogP contribution < -0.4 is 16.4 Å². The number of carbonyl (C=O) groups is 1. The van der Waals surface area contributed by atoms with E-state index >= 15 is 0 Å². The lowest BCUT2D eigenvalue weighted by molar-refractivity contribution is 0.247. The van der Waals surface area contributed by atoms with E-state index in [0.29, 0.717) is 0 Å². The summed E-state index contributed by atoms with van der Waals surface area (Å²) in [4.78, 5) is 10.7. The third kappa shape index (κ3) is 0.775. The minimum atomic E-state index is -0.0780. The molecule has 2 rings (SSSR count). The largest absolute Gasteiger partial charge is 0.332 e. The number of hydrogen-bond acceptors (Lipinski definition) is 3. The van der Waals surface area contributed by atoms with Crippen molar-refractivity contribution in [2.45, 2.75) is 17.5 Å². The van der Waals surface area contributed by atoms with E-state index in [-0.39, 0.29) is 23.5 Å². The van der Waals surface area contributed by atoms with Crippen LogP contribution in [-0.4, -0.2) is 29.2 Å². The topological polar surface area (TPSA) is 67.1 Å². The van der Waals surface area contributed by atoms with Gasteiger partial charge in [0.15, 0.2) is 0 Å². The molecule has 2 heterocycles. The fraction of sp³-hybridized carbons (Fsp3) is 0.800. The summed E-state index contributed by atoms with van der Waals surface area (Å²) in [7, 11) is 0. The molecule has 0 bridgehead atoms. The number of rotatable bonds is 0. The van der Waals surface area contributed by atoms with Gasteiger partial charge in [-0.1, -0.05) is 0 Å². The van der Waals surface area contributed by atoms with Gasteiger partial charge in [-0.15, -0.1) is 11.8 Å². The average Bonchev–Trinajstić information content (AvgIpc) is 2.35. The highest BCUT2D eigenvalue weighted by molar-refractivity contribution is 8.00. The molecule has 2 fully saturated rings. The summed E-state index contributed by atoms with van der Waals surface area (Å²) in [6.07, 6.45) is 0. The second-order valence-corrected chi connectivity index (χ2v) is 3.76. The van der Waals surface area contributed by atoms with Crippen molar-refractivity contribution in [2.75, 3.05) is 5.75 Å². The summed E-state index contributed by atoms with van der Waals surface area (Å²) >= 11 is 1.69. The summed E-state index contributed by atoms with van der Waals surface area (Å²) in [6, 6.07) is 0.329. The first-order valence-corrected chi connectivity index (χ1v) is 4.26. The lowest BCUT2D eigenvalue weighted by Crippen LogP contribution is -2.41. The molecule has 0 radical (unpaired) electrons. The maximum atomic E-state index is 10.7. The van der Waals surface area contributed by atoms with Gasteiger partial charge in [0.25, 0.3) is 0 Å². The number of nitrogens with two attached hydrogens (primary N) is 1. The van der Waals surface area contributed by atoms with E-state index < -0.39 is 0 Å². The summed E-state index contributed by atoms with van der Waals surface area (Å²) in [5, 5.41) is 5.64. The highest BCUT2D eigenvalue weighted by Crippen LogP contribution is 2.25. The van der Waals surface area contributed by atoms with Gasteiger partial charge in [0, 0.05) is 5.75 Å². The molecule has 3 unspecified atom stereocenters. The van der Waals surface area contributed by atoms with E-state index in [0.717, 1.165) is 5.75 Å². The Hall–Kier alpha value is -0.420. The van der Waals surface area contributed by atoms with Crippen LogP contribution in [0.4, 0.5) is 4.79 Å². The minimum absolute atomic E-state index is 0.0731. The van der Waals surface area contributed by atoms with Crippen molar-refractivity contribution < 1.29 is 4.79 Å². The Morgan fingerprint density at radius 3 is 3.10 bits per heavy atom. The second-order valence-electron chi connectivity index (χ2n) is 2.55. The van der Waals surface area contributed by atoms with Crippen LogP contribution in [0.15, 0.2) is 0 Å². The number of fused-ring (bicyclic) bond motifs is 1. The first-order chi connectivity index (χ1) is 4.77. The van der Waals surface area contributed by atoms with Gasteiger partial charge in [-0.25, -0.2) is 4.79 Å². The van der Waals surface area contributed by atoms with E-state index in [1.807, 2.05) is 0 Å². The van der Waals surface area contributed by atoms with Crippen LogP contribution in [0.1, 0.15) is 0 Å². The van der Waals surface area contributed by atoms with E-state index in [1.54, 1.807) is 11.8 Å². The maximum absolute atomic E-state index is 10.7. The zero-order valence-corrected chi connectivity index (χ0v) is 6.15. The fourth-order valence-corrected chi connectivity index (χ4v) is 2.51. The van der Waals surface area contributed by atoms with Crippen LogP contribution in [0.3, 0.4) is 0 Å². The SMILES string of the molecule is NC1SCC2NC(=O)NC21. The zero-order chi connectivity index (χ0) is 7.14. The van der Waals surface area contributed by atoms with E-state index in [1.165, 1.54) is 0 Å². The number of urea groups is 1. The van der Waals surface area contributed by atoms with Gasteiger partial charge in [0.1, 0.15) is 0 Å². The van der Waals surface area contributed by atoms with Crippen molar-refractivity contribution in [1.29, 1.82) is 0 Å². The molecule has 5 heteroatoms. The summed E-state index contributed by atoms with van der Waals surface area (Å²) in [5.41, 5.74) is 5.69. The number of hydrogen-bond donors (Lipinski definition) is 3. The summed E-state index contributed by atoms with van der Waals surface area (Å²) < 4.78 is 0. The van der Waals surface area contributed by atoms with Gasteiger partial charge in [0.2, 0.25) is 0 Å². The van der Waals surface area contributed by atoms with Gasteiger partial charge < -0.3 is 16.4 Å². The Labute approximate surface area is 62.9 Å². The van der Waals surface area contributed by atoms with Gasteiger partial charge >= 0.3 is 6.03 Å². The quantitative estimate of drug-likeness (QED) is 0.400. The average molecular weight is 159 g/mol. The van der Waals surface area contributed by atoms with E-state index in [4.69, 9.17) is 5.73 Å². The monoisotopic (exact) mass is 159 g/mol. The Morgan fingerprint density at radius 2 is 2.40 bits per heavy atom. The third-order valence-electron chi connectivity index (χ3n) is 1.87. The van der Waals surface area contributed by atoms with Gasteiger partial charge in [0.05, 0.1) is 17.5 Å². The van der Waals surface area contributed by atoms with Crippen LogP contribution in [-0.2, 0) is 0 Å². The van der Waals surface area contributed by atoms with Crippen molar-refractivity contribution in [1.82, 2.24) is 10.6 Å². The van der Waals surface area contributed by atoms with E-state index in [9.17, 15) is 4.79 Å². The molecule has 56 valence electrons. The summed E-state index contributed by atoms with van der Waals surface area (Å²) in [6.45, 7) is 0. The number of nitrogens with one attached hydrogen (secondary N) is 2. The molecule has 2 saturated heterocycles. The fourth-order valence-electron chi connectivity index (χ4n) is 1.33. The number of thioether (sulfide) groups is 1. The van der Waals surface area contributed by atoms with Gasteiger partial charge in [-0.3, -0.25) is 0 Å². The summed E-state index contributed by atoms with van der Waals surface area (Å²) in [5.74, 6) is 0.935. The molecule has 0 aromatic heterocycles. The molecule has 0 aliphatic carbocycles. The van der Waals surface area contributed by atoms with Crippen molar-refractivity contribution in [2.24, 2.45) is 5.73 Å². The number of carbonyl (C=O) groups excluding carboxylic acids is 1. The van der Waals surface area contributed by atoms with Crippen LogP contribution in [0.5, 0.6) is 0 Å².